The highest BCUT2D eigenvalue weighted by Crippen LogP contribution is 2.33. The van der Waals surface area contributed by atoms with Crippen molar-refractivity contribution in [3.63, 3.8) is 0 Å². The van der Waals surface area contributed by atoms with Crippen molar-refractivity contribution >= 4 is 34.5 Å². The SMILES string of the molecule is CCNCC1CCN(Cc2csc(Cl)c2Cl)CC1. The normalized spacial score (nSPS) is 18.4. The lowest BCUT2D eigenvalue weighted by atomic mass is 9.96. The van der Waals surface area contributed by atoms with Gasteiger partial charge in [-0.05, 0) is 55.9 Å². The highest BCUT2D eigenvalue weighted by atomic mass is 35.5. The summed E-state index contributed by atoms with van der Waals surface area (Å²) in [5, 5.41) is 6.27. The van der Waals surface area contributed by atoms with E-state index in [0.29, 0.717) is 4.34 Å². The first-order valence-electron chi connectivity index (χ1n) is 6.55. The van der Waals surface area contributed by atoms with Crippen molar-refractivity contribution < 1.29 is 0 Å². The van der Waals surface area contributed by atoms with Crippen LogP contribution in [0.3, 0.4) is 0 Å². The van der Waals surface area contributed by atoms with Crippen LogP contribution in [0.4, 0.5) is 0 Å². The highest BCUT2D eigenvalue weighted by molar-refractivity contribution is 7.15. The van der Waals surface area contributed by atoms with Crippen molar-refractivity contribution in [2.75, 3.05) is 26.2 Å². The van der Waals surface area contributed by atoms with Crippen LogP contribution in [0.25, 0.3) is 0 Å². The molecule has 2 rings (SSSR count). The van der Waals surface area contributed by atoms with Crippen LogP contribution in [-0.4, -0.2) is 31.1 Å². The second-order valence-corrected chi connectivity index (χ2v) is 6.74. The fraction of sp³-hybridized carbons (Fsp3) is 0.692. The highest BCUT2D eigenvalue weighted by Gasteiger charge is 2.20. The van der Waals surface area contributed by atoms with E-state index in [1.54, 1.807) is 0 Å². The number of nitrogens with zero attached hydrogens (tertiary/aromatic N) is 1. The zero-order valence-electron chi connectivity index (χ0n) is 10.7. The van der Waals surface area contributed by atoms with Crippen LogP contribution in [0.1, 0.15) is 25.3 Å². The smallest absolute Gasteiger partial charge is 0.112 e. The largest absolute Gasteiger partial charge is 0.317 e. The quantitative estimate of drug-likeness (QED) is 0.888. The van der Waals surface area contributed by atoms with Crippen molar-refractivity contribution in [1.82, 2.24) is 10.2 Å². The molecule has 18 heavy (non-hydrogen) atoms. The molecule has 0 amide bonds. The average molecular weight is 307 g/mol. The Labute approximate surface area is 123 Å². The Morgan fingerprint density at radius 1 is 1.39 bits per heavy atom. The van der Waals surface area contributed by atoms with Gasteiger partial charge in [0, 0.05) is 6.54 Å². The topological polar surface area (TPSA) is 15.3 Å². The summed E-state index contributed by atoms with van der Waals surface area (Å²) >= 11 is 13.7. The monoisotopic (exact) mass is 306 g/mol. The summed E-state index contributed by atoms with van der Waals surface area (Å²) in [6, 6.07) is 0. The van der Waals surface area contributed by atoms with Gasteiger partial charge in [-0.25, -0.2) is 0 Å². The van der Waals surface area contributed by atoms with Gasteiger partial charge in [-0.1, -0.05) is 30.1 Å². The maximum absolute atomic E-state index is 6.17. The molecule has 0 aliphatic carbocycles. The van der Waals surface area contributed by atoms with Gasteiger partial charge in [0.25, 0.3) is 0 Å². The Morgan fingerprint density at radius 3 is 2.67 bits per heavy atom. The van der Waals surface area contributed by atoms with Crippen LogP contribution >= 0.6 is 34.5 Å². The number of hydrogen-bond donors (Lipinski definition) is 1. The molecule has 1 fully saturated rings. The third kappa shape index (κ3) is 3.84. The molecule has 2 heterocycles. The predicted octanol–water partition coefficient (Wildman–Crippen LogP) is 3.88. The molecule has 1 N–H and O–H groups in total. The van der Waals surface area contributed by atoms with Gasteiger partial charge in [0.15, 0.2) is 0 Å². The minimum Gasteiger partial charge on any atom is -0.317 e. The lowest BCUT2D eigenvalue weighted by Crippen LogP contribution is -2.36. The van der Waals surface area contributed by atoms with Gasteiger partial charge in [0.1, 0.15) is 4.34 Å². The Kier molecular flexibility index (Phi) is 5.77. The molecule has 1 aliphatic rings. The molecular formula is C13H20Cl2N2S. The predicted molar refractivity (Wildman–Crippen MR) is 80.9 cm³/mol. The maximum atomic E-state index is 6.17. The van der Waals surface area contributed by atoms with Crippen LogP contribution in [-0.2, 0) is 6.54 Å². The van der Waals surface area contributed by atoms with Crippen molar-refractivity contribution in [1.29, 1.82) is 0 Å². The first-order valence-corrected chi connectivity index (χ1v) is 8.18. The van der Waals surface area contributed by atoms with Gasteiger partial charge in [-0.15, -0.1) is 11.3 Å². The number of halogens is 2. The molecule has 1 aliphatic heterocycles. The molecule has 1 saturated heterocycles. The van der Waals surface area contributed by atoms with Gasteiger partial charge in [-0.2, -0.15) is 0 Å². The lowest BCUT2D eigenvalue weighted by Gasteiger charge is -2.31. The van der Waals surface area contributed by atoms with Crippen LogP contribution in [0.2, 0.25) is 9.36 Å². The molecule has 0 unspecified atom stereocenters. The van der Waals surface area contributed by atoms with Crippen molar-refractivity contribution in [3.05, 3.63) is 20.3 Å². The van der Waals surface area contributed by atoms with E-state index in [1.807, 2.05) is 0 Å². The fourth-order valence-corrected chi connectivity index (χ4v) is 3.64. The zero-order valence-corrected chi connectivity index (χ0v) is 13.0. The van der Waals surface area contributed by atoms with E-state index in [4.69, 9.17) is 23.2 Å². The van der Waals surface area contributed by atoms with E-state index in [0.717, 1.165) is 30.6 Å². The zero-order chi connectivity index (χ0) is 13.0. The number of hydrogen-bond acceptors (Lipinski definition) is 3. The molecule has 1 aromatic heterocycles. The van der Waals surface area contributed by atoms with E-state index in [1.165, 1.54) is 42.8 Å². The molecule has 1 aromatic rings. The molecule has 5 heteroatoms. The first-order chi connectivity index (χ1) is 8.70. The third-order valence-corrected chi connectivity index (χ3v) is 5.45. The van der Waals surface area contributed by atoms with Crippen molar-refractivity contribution in [2.45, 2.75) is 26.3 Å². The molecule has 0 atom stereocenters. The van der Waals surface area contributed by atoms with Gasteiger partial charge < -0.3 is 5.32 Å². The summed E-state index contributed by atoms with van der Waals surface area (Å²) in [4.78, 5) is 2.48. The molecule has 0 aromatic carbocycles. The maximum Gasteiger partial charge on any atom is 0.112 e. The second kappa shape index (κ2) is 7.11. The summed E-state index contributed by atoms with van der Waals surface area (Å²) in [6.07, 6.45) is 2.56. The Balaban J connectivity index is 1.78. The molecule has 0 radical (unpaired) electrons. The molecule has 102 valence electrons. The van der Waals surface area contributed by atoms with Crippen LogP contribution in [0, 0.1) is 5.92 Å². The van der Waals surface area contributed by atoms with Crippen molar-refractivity contribution in [3.8, 4) is 0 Å². The minimum absolute atomic E-state index is 0.716. The average Bonchev–Trinajstić information content (AvgIpc) is 2.70. The summed E-state index contributed by atoms with van der Waals surface area (Å²) in [6.45, 7) is 7.67. The van der Waals surface area contributed by atoms with E-state index in [-0.39, 0.29) is 0 Å². The van der Waals surface area contributed by atoms with Gasteiger partial charge in [-0.3, -0.25) is 4.90 Å². The van der Waals surface area contributed by atoms with Gasteiger partial charge in [0.05, 0.1) is 5.02 Å². The summed E-state index contributed by atoms with van der Waals surface area (Å²) in [5.74, 6) is 0.836. The van der Waals surface area contributed by atoms with E-state index in [2.05, 4.69) is 22.5 Å². The summed E-state index contributed by atoms with van der Waals surface area (Å²) in [7, 11) is 0. The summed E-state index contributed by atoms with van der Waals surface area (Å²) in [5.41, 5.74) is 1.18. The molecule has 0 bridgehead atoms. The van der Waals surface area contributed by atoms with Crippen molar-refractivity contribution in [2.24, 2.45) is 5.92 Å². The van der Waals surface area contributed by atoms with Gasteiger partial charge in [0.2, 0.25) is 0 Å². The van der Waals surface area contributed by atoms with E-state index in [9.17, 15) is 0 Å². The van der Waals surface area contributed by atoms with Gasteiger partial charge >= 0.3 is 0 Å². The number of nitrogens with one attached hydrogen (secondary N) is 1. The van der Waals surface area contributed by atoms with Crippen LogP contribution in [0.5, 0.6) is 0 Å². The molecule has 2 nitrogen and oxygen atoms in total. The lowest BCUT2D eigenvalue weighted by molar-refractivity contribution is 0.176. The Bertz CT molecular complexity index is 373. The van der Waals surface area contributed by atoms with E-state index < -0.39 is 0 Å². The third-order valence-electron chi connectivity index (χ3n) is 3.54. The Hall–Kier alpha value is 0.200. The summed E-state index contributed by atoms with van der Waals surface area (Å²) < 4.78 is 0.716. The van der Waals surface area contributed by atoms with Crippen LogP contribution in [0.15, 0.2) is 5.38 Å². The second-order valence-electron chi connectivity index (χ2n) is 4.88. The Morgan fingerprint density at radius 2 is 2.11 bits per heavy atom. The number of thiophene rings is 1. The molecular weight excluding hydrogens is 287 g/mol. The van der Waals surface area contributed by atoms with E-state index >= 15 is 0 Å². The first kappa shape index (κ1) is 14.6. The minimum atomic E-state index is 0.716. The standard InChI is InChI=1S/C13H20Cl2N2S/c1-2-16-7-10-3-5-17(6-4-10)8-11-9-18-13(15)12(11)14/h9-10,16H,2-8H2,1H3. The molecule has 0 spiro atoms. The fourth-order valence-electron chi connectivity index (χ4n) is 2.40. The number of piperidine rings is 1. The molecule has 0 saturated carbocycles. The number of likely N-dealkylation sites (tertiary alicyclic amines) is 1. The van der Waals surface area contributed by atoms with Crippen LogP contribution < -0.4 is 5.32 Å². The number of rotatable bonds is 5.